The Morgan fingerprint density at radius 2 is 1.88 bits per heavy atom. The van der Waals surface area contributed by atoms with E-state index >= 15 is 0 Å². The van der Waals surface area contributed by atoms with Gasteiger partial charge in [0.2, 0.25) is 5.89 Å². The molecule has 1 saturated heterocycles. The molecule has 0 saturated carbocycles. The predicted octanol–water partition coefficient (Wildman–Crippen LogP) is 4.18. The lowest BCUT2D eigenvalue weighted by atomic mass is 9.94. The molecule has 1 aliphatic heterocycles. The molecule has 0 N–H and O–H groups in total. The van der Waals surface area contributed by atoms with E-state index in [0.29, 0.717) is 19.6 Å². The fourth-order valence-corrected chi connectivity index (χ4v) is 4.25. The second-order valence-corrected chi connectivity index (χ2v) is 10.1. The number of benzene rings is 1. The monoisotopic (exact) mass is 449 g/mol. The third-order valence-corrected chi connectivity index (χ3v) is 6.14. The Morgan fingerprint density at radius 1 is 1.06 bits per heavy atom. The molecule has 7 nitrogen and oxygen atoms in total. The van der Waals surface area contributed by atoms with Crippen molar-refractivity contribution in [1.82, 2.24) is 24.6 Å². The van der Waals surface area contributed by atoms with Crippen molar-refractivity contribution < 1.29 is 9.21 Å². The minimum Gasteiger partial charge on any atom is -0.444 e. The average Bonchev–Trinajstić information content (AvgIpc) is 3.27. The first-order chi connectivity index (χ1) is 15.7. The lowest BCUT2D eigenvalue weighted by Crippen LogP contribution is -2.35. The van der Waals surface area contributed by atoms with Crippen LogP contribution in [-0.4, -0.2) is 56.7 Å². The molecule has 0 radical (unpaired) electrons. The number of rotatable bonds is 5. The van der Waals surface area contributed by atoms with E-state index in [1.165, 1.54) is 0 Å². The first-order valence-electron chi connectivity index (χ1n) is 11.8. The van der Waals surface area contributed by atoms with E-state index < -0.39 is 0 Å². The van der Waals surface area contributed by atoms with E-state index in [0.717, 1.165) is 60.2 Å². The molecule has 0 bridgehead atoms. The van der Waals surface area contributed by atoms with Crippen molar-refractivity contribution in [1.29, 1.82) is 0 Å². The van der Waals surface area contributed by atoms with Crippen LogP contribution in [0.4, 0.5) is 0 Å². The van der Waals surface area contributed by atoms with Crippen molar-refractivity contribution in [2.45, 2.75) is 59.5 Å². The third kappa shape index (κ3) is 5.71. The summed E-state index contributed by atoms with van der Waals surface area (Å²) < 4.78 is 7.95. The van der Waals surface area contributed by atoms with E-state index in [9.17, 15) is 4.79 Å². The third-order valence-electron chi connectivity index (χ3n) is 6.14. The second kappa shape index (κ2) is 9.51. The van der Waals surface area contributed by atoms with Gasteiger partial charge < -0.3 is 9.32 Å². The summed E-state index contributed by atoms with van der Waals surface area (Å²) in [7, 11) is 0. The molecule has 1 aromatic carbocycles. The molecule has 1 aliphatic rings. The SMILES string of the molecule is Cc1cc(C)n(Cc2cccc(C(=O)N3CCCN(Cc4ncc(C(C)(C)C)o4)CC3)c2)n1. The highest BCUT2D eigenvalue weighted by atomic mass is 16.4. The number of nitrogens with zero attached hydrogens (tertiary/aromatic N) is 5. The van der Waals surface area contributed by atoms with Crippen LogP contribution in [0.3, 0.4) is 0 Å². The van der Waals surface area contributed by atoms with E-state index in [2.05, 4.69) is 54.8 Å². The van der Waals surface area contributed by atoms with Crippen LogP contribution in [0.5, 0.6) is 0 Å². The number of amides is 1. The van der Waals surface area contributed by atoms with E-state index in [1.54, 1.807) is 0 Å². The van der Waals surface area contributed by atoms with Gasteiger partial charge in [0, 0.05) is 42.9 Å². The Labute approximate surface area is 196 Å². The van der Waals surface area contributed by atoms with Gasteiger partial charge in [0.25, 0.3) is 5.91 Å². The van der Waals surface area contributed by atoms with Gasteiger partial charge in [0.1, 0.15) is 5.76 Å². The number of carbonyl (C=O) groups is 1. The summed E-state index contributed by atoms with van der Waals surface area (Å²) in [5, 5.41) is 4.54. The number of oxazole rings is 1. The number of aryl methyl sites for hydroxylation is 2. The Kier molecular flexibility index (Phi) is 6.70. The van der Waals surface area contributed by atoms with Gasteiger partial charge in [-0.05, 0) is 44.0 Å². The second-order valence-electron chi connectivity index (χ2n) is 10.1. The lowest BCUT2D eigenvalue weighted by Gasteiger charge is -2.22. The molecular formula is C26H35N5O2. The summed E-state index contributed by atoms with van der Waals surface area (Å²) in [6.45, 7) is 15.0. The van der Waals surface area contributed by atoms with Crippen LogP contribution in [0.25, 0.3) is 0 Å². The average molecular weight is 450 g/mol. The summed E-state index contributed by atoms with van der Waals surface area (Å²) in [6.07, 6.45) is 2.77. The highest BCUT2D eigenvalue weighted by Crippen LogP contribution is 2.23. The molecule has 0 atom stereocenters. The topological polar surface area (TPSA) is 67.4 Å². The molecule has 33 heavy (non-hydrogen) atoms. The largest absolute Gasteiger partial charge is 0.444 e. The van der Waals surface area contributed by atoms with Gasteiger partial charge in [0.15, 0.2) is 0 Å². The fraction of sp³-hybridized carbons (Fsp3) is 0.500. The van der Waals surface area contributed by atoms with Gasteiger partial charge in [-0.1, -0.05) is 32.9 Å². The Morgan fingerprint density at radius 3 is 2.58 bits per heavy atom. The molecule has 0 unspecified atom stereocenters. The normalized spacial score (nSPS) is 15.6. The maximum atomic E-state index is 13.3. The first kappa shape index (κ1) is 23.2. The molecular weight excluding hydrogens is 414 g/mol. The minimum atomic E-state index is -0.0449. The molecule has 1 fully saturated rings. The summed E-state index contributed by atoms with van der Waals surface area (Å²) in [4.78, 5) is 22.0. The van der Waals surface area contributed by atoms with Gasteiger partial charge in [-0.15, -0.1) is 0 Å². The van der Waals surface area contributed by atoms with Crippen molar-refractivity contribution in [2.24, 2.45) is 0 Å². The van der Waals surface area contributed by atoms with E-state index in [4.69, 9.17) is 4.42 Å². The van der Waals surface area contributed by atoms with Crippen molar-refractivity contribution in [3.8, 4) is 0 Å². The first-order valence-corrected chi connectivity index (χ1v) is 11.8. The zero-order chi connectivity index (χ0) is 23.6. The molecule has 1 amide bonds. The lowest BCUT2D eigenvalue weighted by molar-refractivity contribution is 0.0760. The van der Waals surface area contributed by atoms with Crippen molar-refractivity contribution in [3.63, 3.8) is 0 Å². The highest BCUT2D eigenvalue weighted by molar-refractivity contribution is 5.94. The van der Waals surface area contributed by atoms with Crippen molar-refractivity contribution in [3.05, 3.63) is 70.7 Å². The number of aromatic nitrogens is 3. The standard InChI is InChI=1S/C26H35N5O2/c1-19-14-20(2)31(28-19)17-21-8-6-9-22(15-21)25(32)30-11-7-10-29(12-13-30)18-24-27-16-23(33-24)26(3,4)5/h6,8-9,14-16H,7,10-13,17-18H2,1-5H3. The van der Waals surface area contributed by atoms with Crippen molar-refractivity contribution >= 4 is 5.91 Å². The van der Waals surface area contributed by atoms with E-state index in [1.807, 2.05) is 40.9 Å². The number of hydrogen-bond acceptors (Lipinski definition) is 5. The maximum absolute atomic E-state index is 13.3. The van der Waals surface area contributed by atoms with Crippen LogP contribution in [0, 0.1) is 13.8 Å². The Balaban J connectivity index is 1.37. The van der Waals surface area contributed by atoms with Crippen LogP contribution in [-0.2, 0) is 18.5 Å². The predicted molar refractivity (Wildman–Crippen MR) is 128 cm³/mol. The minimum absolute atomic E-state index is 0.0449. The number of carbonyl (C=O) groups excluding carboxylic acids is 1. The highest BCUT2D eigenvalue weighted by Gasteiger charge is 2.23. The summed E-state index contributed by atoms with van der Waals surface area (Å²) in [6, 6.07) is 10.0. The maximum Gasteiger partial charge on any atom is 0.253 e. The Hall–Kier alpha value is -2.93. The molecule has 0 aliphatic carbocycles. The van der Waals surface area contributed by atoms with Crippen LogP contribution >= 0.6 is 0 Å². The fourth-order valence-electron chi connectivity index (χ4n) is 4.25. The zero-order valence-electron chi connectivity index (χ0n) is 20.5. The molecule has 7 heteroatoms. The molecule has 4 rings (SSSR count). The smallest absolute Gasteiger partial charge is 0.253 e. The van der Waals surface area contributed by atoms with Gasteiger partial charge >= 0.3 is 0 Å². The summed E-state index contributed by atoms with van der Waals surface area (Å²) in [5.41, 5.74) is 3.91. The molecule has 3 heterocycles. The van der Waals surface area contributed by atoms with Crippen LogP contribution in [0.2, 0.25) is 0 Å². The van der Waals surface area contributed by atoms with Gasteiger partial charge in [0.05, 0.1) is 25.0 Å². The molecule has 3 aromatic rings. The quantitative estimate of drug-likeness (QED) is 0.585. The van der Waals surface area contributed by atoms with Gasteiger partial charge in [-0.2, -0.15) is 5.10 Å². The van der Waals surface area contributed by atoms with Gasteiger partial charge in [-0.25, -0.2) is 4.98 Å². The molecule has 0 spiro atoms. The summed E-state index contributed by atoms with van der Waals surface area (Å²) >= 11 is 0. The number of hydrogen-bond donors (Lipinski definition) is 0. The molecule has 176 valence electrons. The van der Waals surface area contributed by atoms with Crippen LogP contribution in [0.1, 0.15) is 66.2 Å². The zero-order valence-corrected chi connectivity index (χ0v) is 20.5. The van der Waals surface area contributed by atoms with Crippen LogP contribution in [0.15, 0.2) is 40.9 Å². The van der Waals surface area contributed by atoms with E-state index in [-0.39, 0.29) is 11.3 Å². The van der Waals surface area contributed by atoms with Gasteiger partial charge in [-0.3, -0.25) is 14.4 Å². The van der Waals surface area contributed by atoms with Crippen molar-refractivity contribution in [2.75, 3.05) is 26.2 Å². The molecule has 2 aromatic heterocycles. The Bertz CT molecular complexity index is 1110. The van der Waals surface area contributed by atoms with Crippen LogP contribution < -0.4 is 0 Å². The summed E-state index contributed by atoms with van der Waals surface area (Å²) in [5.74, 6) is 1.75.